The topological polar surface area (TPSA) is 35.9 Å². The van der Waals surface area contributed by atoms with Crippen molar-refractivity contribution in [2.24, 2.45) is 5.92 Å². The average Bonchev–Trinajstić information content (AvgIpc) is 3.71. The molecule has 3 atom stereocenters. The summed E-state index contributed by atoms with van der Waals surface area (Å²) in [6.45, 7) is 9.85. The lowest BCUT2D eigenvalue weighted by Crippen LogP contribution is -2.68. The van der Waals surface area contributed by atoms with Crippen LogP contribution in [0.15, 0.2) is 48.5 Å². The van der Waals surface area contributed by atoms with Crippen molar-refractivity contribution < 1.29 is 9.84 Å². The first-order chi connectivity index (χ1) is 16.9. The minimum absolute atomic E-state index is 0.159. The molecule has 1 aliphatic carbocycles. The van der Waals surface area contributed by atoms with Crippen molar-refractivity contribution in [3.05, 3.63) is 65.2 Å². The summed E-state index contributed by atoms with van der Waals surface area (Å²) < 4.78 is 5.66. The zero-order valence-electron chi connectivity index (χ0n) is 22.0. The number of hydrogen-bond acceptors (Lipinski definition) is 4. The zero-order valence-corrected chi connectivity index (χ0v) is 22.0. The van der Waals surface area contributed by atoms with Crippen LogP contribution in [0.4, 0.5) is 0 Å². The zero-order chi connectivity index (χ0) is 24.5. The van der Waals surface area contributed by atoms with Crippen molar-refractivity contribution in [2.75, 3.05) is 39.8 Å². The quantitative estimate of drug-likeness (QED) is 0.568. The molecule has 2 saturated heterocycles. The van der Waals surface area contributed by atoms with Gasteiger partial charge in [0.1, 0.15) is 5.75 Å². The Labute approximate surface area is 212 Å². The van der Waals surface area contributed by atoms with E-state index in [9.17, 15) is 5.11 Å². The van der Waals surface area contributed by atoms with Crippen molar-refractivity contribution in [1.82, 2.24) is 9.80 Å². The molecular formula is C31H44N2O2. The molecular weight excluding hydrogens is 432 g/mol. The number of likely N-dealkylation sites (tertiary alicyclic amines) is 2. The lowest BCUT2D eigenvalue weighted by Gasteiger charge is -2.58. The lowest BCUT2D eigenvalue weighted by atomic mass is 9.57. The highest BCUT2D eigenvalue weighted by Gasteiger charge is 2.59. The molecule has 0 radical (unpaired) electrons. The van der Waals surface area contributed by atoms with Crippen LogP contribution in [0.5, 0.6) is 5.75 Å². The van der Waals surface area contributed by atoms with Gasteiger partial charge in [-0.05, 0) is 113 Å². The highest BCUT2D eigenvalue weighted by Crippen LogP contribution is 2.53. The first-order valence-electron chi connectivity index (χ1n) is 13.8. The SMILES string of the molecule is COc1ccc(C)c(C23CCN(CCCc4ccccc4)CCC2(O)C(C)N(CC2CC2)CC3)c1. The summed E-state index contributed by atoms with van der Waals surface area (Å²) >= 11 is 0. The van der Waals surface area contributed by atoms with Crippen LogP contribution in [0, 0.1) is 12.8 Å². The Morgan fingerprint density at radius 2 is 1.74 bits per heavy atom. The maximum Gasteiger partial charge on any atom is 0.119 e. The van der Waals surface area contributed by atoms with Crippen LogP contribution in [0.3, 0.4) is 0 Å². The summed E-state index contributed by atoms with van der Waals surface area (Å²) in [4.78, 5) is 5.23. The normalized spacial score (nSPS) is 30.0. The number of fused-ring (bicyclic) bond motifs is 1. The smallest absolute Gasteiger partial charge is 0.119 e. The van der Waals surface area contributed by atoms with Crippen LogP contribution in [0.25, 0.3) is 0 Å². The van der Waals surface area contributed by atoms with E-state index >= 15 is 0 Å². The van der Waals surface area contributed by atoms with E-state index in [1.807, 2.05) is 0 Å². The highest BCUT2D eigenvalue weighted by molar-refractivity contribution is 5.44. The van der Waals surface area contributed by atoms with Crippen LogP contribution >= 0.6 is 0 Å². The Morgan fingerprint density at radius 3 is 2.49 bits per heavy atom. The van der Waals surface area contributed by atoms with E-state index in [0.717, 1.165) is 76.5 Å². The van der Waals surface area contributed by atoms with Crippen molar-refractivity contribution in [2.45, 2.75) is 75.9 Å². The lowest BCUT2D eigenvalue weighted by molar-refractivity contribution is -0.136. The van der Waals surface area contributed by atoms with Gasteiger partial charge in [0.05, 0.1) is 12.7 Å². The molecule has 190 valence electrons. The molecule has 0 aromatic heterocycles. The van der Waals surface area contributed by atoms with Gasteiger partial charge in [-0.15, -0.1) is 0 Å². The number of piperidine rings is 1. The molecule has 35 heavy (non-hydrogen) atoms. The number of ether oxygens (including phenoxy) is 1. The Bertz CT molecular complexity index is 991. The second-order valence-electron chi connectivity index (χ2n) is 11.5. The minimum atomic E-state index is -0.745. The van der Waals surface area contributed by atoms with Gasteiger partial charge in [0.2, 0.25) is 0 Å². The maximum absolute atomic E-state index is 12.7. The number of hydrogen-bond donors (Lipinski definition) is 1. The molecule has 2 aromatic carbocycles. The standard InChI is InChI=1S/C31H44N2O2/c1-24-11-14-28(35-3)22-29(24)30-15-19-32(18-7-10-26-8-5-4-6-9-26)20-17-31(30,34)25(2)33(21-16-30)23-27-12-13-27/h4-6,8-9,11,14,22,25,27,34H,7,10,12-13,15-21,23H2,1-3H3. The van der Waals surface area contributed by atoms with Gasteiger partial charge in [-0.3, -0.25) is 4.90 Å². The molecule has 1 saturated carbocycles. The van der Waals surface area contributed by atoms with Crippen molar-refractivity contribution in [1.29, 1.82) is 0 Å². The summed E-state index contributed by atoms with van der Waals surface area (Å²) in [6, 6.07) is 17.5. The number of benzene rings is 2. The maximum atomic E-state index is 12.7. The van der Waals surface area contributed by atoms with E-state index in [1.165, 1.54) is 29.5 Å². The molecule has 2 aromatic rings. The van der Waals surface area contributed by atoms with Gasteiger partial charge in [0.25, 0.3) is 0 Å². The largest absolute Gasteiger partial charge is 0.497 e. The second kappa shape index (κ2) is 10.2. The van der Waals surface area contributed by atoms with Crippen LogP contribution in [0.2, 0.25) is 0 Å². The summed E-state index contributed by atoms with van der Waals surface area (Å²) in [6.07, 6.45) is 7.85. The van der Waals surface area contributed by atoms with Gasteiger partial charge in [-0.2, -0.15) is 0 Å². The van der Waals surface area contributed by atoms with E-state index in [1.54, 1.807) is 7.11 Å². The first kappa shape index (κ1) is 24.8. The average molecular weight is 477 g/mol. The molecule has 3 fully saturated rings. The van der Waals surface area contributed by atoms with Gasteiger partial charge < -0.3 is 14.7 Å². The van der Waals surface area contributed by atoms with Crippen LogP contribution in [0.1, 0.15) is 62.1 Å². The molecule has 4 heteroatoms. The number of rotatable bonds is 8. The fraction of sp³-hybridized carbons (Fsp3) is 0.613. The van der Waals surface area contributed by atoms with Crippen LogP contribution in [-0.4, -0.2) is 66.4 Å². The number of aryl methyl sites for hydroxylation is 2. The molecule has 4 nitrogen and oxygen atoms in total. The fourth-order valence-electron chi connectivity index (χ4n) is 7.03. The predicted molar refractivity (Wildman–Crippen MR) is 143 cm³/mol. The Hall–Kier alpha value is -1.88. The number of aliphatic hydroxyl groups is 1. The Kier molecular flexibility index (Phi) is 7.25. The first-order valence-corrected chi connectivity index (χ1v) is 13.8. The van der Waals surface area contributed by atoms with Gasteiger partial charge in [-0.1, -0.05) is 36.4 Å². The molecule has 0 bridgehead atoms. The predicted octanol–water partition coefficient (Wildman–Crippen LogP) is 5.21. The van der Waals surface area contributed by atoms with E-state index in [4.69, 9.17) is 4.74 Å². The number of methoxy groups -OCH3 is 1. The summed E-state index contributed by atoms with van der Waals surface area (Å²) in [7, 11) is 1.75. The summed E-state index contributed by atoms with van der Waals surface area (Å²) in [5.74, 6) is 1.74. The molecule has 2 aliphatic heterocycles. The molecule has 0 spiro atoms. The molecule has 5 rings (SSSR count). The Morgan fingerprint density at radius 1 is 1.00 bits per heavy atom. The summed E-state index contributed by atoms with van der Waals surface area (Å²) in [5.41, 5.74) is 3.03. The van der Waals surface area contributed by atoms with Gasteiger partial charge in [0, 0.05) is 24.5 Å². The van der Waals surface area contributed by atoms with Crippen molar-refractivity contribution >= 4 is 0 Å². The summed E-state index contributed by atoms with van der Waals surface area (Å²) in [5, 5.41) is 12.7. The highest BCUT2D eigenvalue weighted by atomic mass is 16.5. The third-order valence-electron chi connectivity index (χ3n) is 9.49. The van der Waals surface area contributed by atoms with Crippen molar-refractivity contribution in [3.8, 4) is 5.75 Å². The third kappa shape index (κ3) is 4.90. The van der Waals surface area contributed by atoms with Crippen LogP contribution in [-0.2, 0) is 11.8 Å². The fourth-order valence-corrected chi connectivity index (χ4v) is 7.03. The van der Waals surface area contributed by atoms with Gasteiger partial charge in [-0.25, -0.2) is 0 Å². The third-order valence-corrected chi connectivity index (χ3v) is 9.49. The second-order valence-corrected chi connectivity index (χ2v) is 11.5. The van der Waals surface area contributed by atoms with Crippen molar-refractivity contribution in [3.63, 3.8) is 0 Å². The number of nitrogens with zero attached hydrogens (tertiary/aromatic N) is 2. The monoisotopic (exact) mass is 476 g/mol. The van der Waals surface area contributed by atoms with E-state index in [2.05, 4.69) is 72.2 Å². The van der Waals surface area contributed by atoms with Crippen LogP contribution < -0.4 is 4.74 Å². The van der Waals surface area contributed by atoms with Gasteiger partial charge >= 0.3 is 0 Å². The van der Waals surface area contributed by atoms with E-state index < -0.39 is 5.60 Å². The van der Waals surface area contributed by atoms with E-state index in [-0.39, 0.29) is 11.5 Å². The Balaban J connectivity index is 1.41. The molecule has 3 aliphatic rings. The van der Waals surface area contributed by atoms with E-state index in [0.29, 0.717) is 0 Å². The minimum Gasteiger partial charge on any atom is -0.497 e. The molecule has 2 heterocycles. The molecule has 1 N–H and O–H groups in total. The molecule has 3 unspecified atom stereocenters. The molecule has 0 amide bonds. The van der Waals surface area contributed by atoms with Gasteiger partial charge in [0.15, 0.2) is 0 Å².